The van der Waals surface area contributed by atoms with Crippen LogP contribution < -0.4 is 15.8 Å². The quantitative estimate of drug-likeness (QED) is 0.646. The Morgan fingerprint density at radius 3 is 2.38 bits per heavy atom. The molecule has 1 aromatic rings. The molecule has 1 atom stereocenters. The Morgan fingerprint density at radius 2 is 1.88 bits per heavy atom. The first-order valence-corrected chi connectivity index (χ1v) is 9.02. The van der Waals surface area contributed by atoms with Gasteiger partial charge in [-0.2, -0.15) is 0 Å². The van der Waals surface area contributed by atoms with Crippen LogP contribution in [0, 0.1) is 0 Å². The third kappa shape index (κ3) is 5.73. The molecule has 1 rings (SSSR count). The lowest BCUT2D eigenvalue weighted by atomic mass is 10.1. The van der Waals surface area contributed by atoms with Crippen LogP contribution in [-0.2, 0) is 21.5 Å². The van der Waals surface area contributed by atoms with Crippen molar-refractivity contribution in [2.24, 2.45) is 0 Å². The van der Waals surface area contributed by atoms with E-state index in [1.165, 1.54) is 37.0 Å². The molecule has 9 heteroatoms. The Kier molecular flexibility index (Phi) is 6.32. The summed E-state index contributed by atoms with van der Waals surface area (Å²) in [6.45, 7) is 6.03. The van der Waals surface area contributed by atoms with Crippen molar-refractivity contribution in [3.05, 3.63) is 28.7 Å². The number of amides is 1. The first kappa shape index (κ1) is 20.3. The lowest BCUT2D eigenvalue weighted by Gasteiger charge is -2.22. The molecule has 0 radical (unpaired) electrons. The molecule has 0 fully saturated rings. The van der Waals surface area contributed by atoms with Crippen molar-refractivity contribution >= 4 is 15.9 Å². The monoisotopic (exact) mass is 359 g/mol. The normalized spacial score (nSPS) is 13.8. The number of hydrogen-bond acceptors (Lipinski definition) is 4. The molecule has 8 nitrogen and oxygen atoms in total. The van der Waals surface area contributed by atoms with E-state index in [2.05, 4.69) is 5.32 Å². The summed E-state index contributed by atoms with van der Waals surface area (Å²) < 4.78 is 26.7. The average Bonchev–Trinajstić information content (AvgIpc) is 2.38. The van der Waals surface area contributed by atoms with Gasteiger partial charge in [0.1, 0.15) is 0 Å². The molecule has 0 saturated heterocycles. The highest BCUT2D eigenvalue weighted by molar-refractivity contribution is 7.89. The number of aromatic nitrogens is 1. The van der Waals surface area contributed by atoms with E-state index in [1.54, 1.807) is 7.05 Å². The van der Waals surface area contributed by atoms with Crippen molar-refractivity contribution in [3.8, 4) is 0 Å². The van der Waals surface area contributed by atoms with Gasteiger partial charge in [0, 0.05) is 31.9 Å². The number of pyridine rings is 1. The maximum Gasteiger partial charge on any atom is 0.275 e. The summed E-state index contributed by atoms with van der Waals surface area (Å²) in [4.78, 5) is 24.7. The van der Waals surface area contributed by atoms with E-state index in [0.717, 1.165) is 9.21 Å². The Hall–Kier alpha value is -1.71. The summed E-state index contributed by atoms with van der Waals surface area (Å²) in [5, 5.41) is 2.85. The zero-order valence-corrected chi connectivity index (χ0v) is 15.9. The van der Waals surface area contributed by atoms with Crippen LogP contribution >= 0.6 is 0 Å². The highest BCUT2D eigenvalue weighted by atomic mass is 32.2. The second kappa shape index (κ2) is 7.45. The molecule has 0 spiro atoms. The van der Waals surface area contributed by atoms with Gasteiger partial charge in [0.25, 0.3) is 11.5 Å². The fourth-order valence-corrected chi connectivity index (χ4v) is 3.00. The third-order valence-electron chi connectivity index (χ3n) is 3.15. The summed E-state index contributed by atoms with van der Waals surface area (Å²) in [5.41, 5.74) is -0.642. The SMILES string of the molecule is CN(C)S(=O)(=O)c1ccc(=O)n(C[NH+](C)CC(=O)NC(C)(C)C)c1. The zero-order chi connectivity index (χ0) is 18.7. The van der Waals surface area contributed by atoms with Crippen molar-refractivity contribution in [1.29, 1.82) is 0 Å². The highest BCUT2D eigenvalue weighted by Crippen LogP contribution is 2.09. The van der Waals surface area contributed by atoms with Gasteiger partial charge < -0.3 is 10.2 Å². The number of carbonyl (C=O) groups is 1. The molecule has 0 bridgehead atoms. The lowest BCUT2D eigenvalue weighted by molar-refractivity contribution is -0.895. The number of rotatable bonds is 6. The molecule has 1 unspecified atom stereocenters. The van der Waals surface area contributed by atoms with E-state index in [9.17, 15) is 18.0 Å². The van der Waals surface area contributed by atoms with Crippen molar-refractivity contribution in [2.45, 2.75) is 37.9 Å². The Balaban J connectivity index is 2.92. The van der Waals surface area contributed by atoms with Gasteiger partial charge in [0.2, 0.25) is 10.0 Å². The van der Waals surface area contributed by atoms with E-state index in [1.807, 2.05) is 20.8 Å². The number of likely N-dealkylation sites (N-methyl/N-ethyl adjacent to an activating group) is 1. The van der Waals surface area contributed by atoms with Crippen LogP contribution in [-0.4, -0.2) is 56.4 Å². The molecule has 0 aliphatic carbocycles. The Morgan fingerprint density at radius 1 is 1.29 bits per heavy atom. The molecule has 1 amide bonds. The second-order valence-corrected chi connectivity index (χ2v) is 9.20. The zero-order valence-electron chi connectivity index (χ0n) is 15.1. The molecule has 24 heavy (non-hydrogen) atoms. The number of nitrogens with one attached hydrogen (secondary N) is 2. The summed E-state index contributed by atoms with van der Waals surface area (Å²) in [5.74, 6) is -0.134. The first-order chi connectivity index (χ1) is 10.8. The highest BCUT2D eigenvalue weighted by Gasteiger charge is 2.20. The molecular weight excluding hydrogens is 332 g/mol. The van der Waals surface area contributed by atoms with Gasteiger partial charge in [0.15, 0.2) is 13.2 Å². The van der Waals surface area contributed by atoms with Gasteiger partial charge in [-0.25, -0.2) is 12.7 Å². The van der Waals surface area contributed by atoms with Crippen molar-refractivity contribution in [1.82, 2.24) is 14.2 Å². The van der Waals surface area contributed by atoms with Crippen LogP contribution in [0.1, 0.15) is 20.8 Å². The molecule has 0 aliphatic heterocycles. The van der Waals surface area contributed by atoms with Gasteiger partial charge in [-0.3, -0.25) is 14.2 Å². The van der Waals surface area contributed by atoms with E-state index in [-0.39, 0.29) is 35.1 Å². The van der Waals surface area contributed by atoms with E-state index in [4.69, 9.17) is 0 Å². The van der Waals surface area contributed by atoms with Crippen molar-refractivity contribution in [2.75, 3.05) is 27.7 Å². The molecule has 0 aromatic carbocycles. The van der Waals surface area contributed by atoms with Gasteiger partial charge >= 0.3 is 0 Å². The molecule has 136 valence electrons. The van der Waals surface area contributed by atoms with Crippen LogP contribution in [0.2, 0.25) is 0 Å². The topological polar surface area (TPSA) is 92.9 Å². The van der Waals surface area contributed by atoms with Crippen LogP contribution in [0.5, 0.6) is 0 Å². The minimum Gasteiger partial charge on any atom is -0.347 e. The van der Waals surface area contributed by atoms with E-state index >= 15 is 0 Å². The van der Waals surface area contributed by atoms with E-state index < -0.39 is 10.0 Å². The lowest BCUT2D eigenvalue weighted by Crippen LogP contribution is -3.09. The number of sulfonamides is 1. The predicted octanol–water partition coefficient (Wildman–Crippen LogP) is -1.51. The van der Waals surface area contributed by atoms with Gasteiger partial charge in [-0.15, -0.1) is 0 Å². The largest absolute Gasteiger partial charge is 0.347 e. The van der Waals surface area contributed by atoms with Crippen molar-refractivity contribution < 1.29 is 18.1 Å². The number of hydrogen-bond donors (Lipinski definition) is 2. The maximum absolute atomic E-state index is 12.2. The smallest absolute Gasteiger partial charge is 0.275 e. The number of nitrogens with zero attached hydrogens (tertiary/aromatic N) is 2. The summed E-state index contributed by atoms with van der Waals surface area (Å²) in [6.07, 6.45) is 1.31. The van der Waals surface area contributed by atoms with Gasteiger partial charge in [0.05, 0.1) is 11.9 Å². The molecule has 0 aliphatic rings. The Bertz CT molecular complexity index is 747. The molecule has 2 N–H and O–H groups in total. The maximum atomic E-state index is 12.2. The predicted molar refractivity (Wildman–Crippen MR) is 91.2 cm³/mol. The Labute approximate surface area is 143 Å². The summed E-state index contributed by atoms with van der Waals surface area (Å²) in [7, 11) is 1.01. The van der Waals surface area contributed by atoms with Crippen LogP contribution in [0.15, 0.2) is 28.0 Å². The first-order valence-electron chi connectivity index (χ1n) is 7.58. The molecule has 0 saturated carbocycles. The standard InChI is InChI=1S/C15H26N4O4S/c1-15(2,3)16-13(20)10-18(6)11-19-9-12(7-8-14(19)21)24(22,23)17(4)5/h7-9H,10-11H2,1-6H3,(H,16,20)/p+1. The fraction of sp³-hybridized carbons (Fsp3) is 0.600. The number of carbonyl (C=O) groups excluding carboxylic acids is 1. The van der Waals surface area contributed by atoms with Crippen LogP contribution in [0.3, 0.4) is 0 Å². The summed E-state index contributed by atoms with van der Waals surface area (Å²) in [6, 6.07) is 2.51. The average molecular weight is 359 g/mol. The molecule has 1 aromatic heterocycles. The minimum absolute atomic E-state index is 0.0408. The third-order valence-corrected chi connectivity index (χ3v) is 4.95. The molecule has 1 heterocycles. The minimum atomic E-state index is -3.61. The van der Waals surface area contributed by atoms with Crippen molar-refractivity contribution in [3.63, 3.8) is 0 Å². The van der Waals surface area contributed by atoms with Crippen LogP contribution in [0.4, 0.5) is 0 Å². The molecular formula is C15H27N4O4S+. The number of quaternary nitrogens is 1. The van der Waals surface area contributed by atoms with Gasteiger partial charge in [-0.1, -0.05) is 0 Å². The fourth-order valence-electron chi connectivity index (χ4n) is 2.08. The summed E-state index contributed by atoms with van der Waals surface area (Å²) >= 11 is 0. The van der Waals surface area contributed by atoms with Gasteiger partial charge in [-0.05, 0) is 26.8 Å². The second-order valence-electron chi connectivity index (χ2n) is 7.05. The van der Waals surface area contributed by atoms with E-state index in [0.29, 0.717) is 0 Å². The van der Waals surface area contributed by atoms with Crippen LogP contribution in [0.25, 0.3) is 0 Å².